The Hall–Kier alpha value is -0.785. The van der Waals surface area contributed by atoms with Crippen LogP contribution in [-0.4, -0.2) is 14.1 Å². The van der Waals surface area contributed by atoms with E-state index in [2.05, 4.69) is 18.2 Å². The SMILES string of the molecule is [B]C(=C)/N=C\C(=C)CC. The number of nitrogens with zero attached hydrogens (tertiary/aromatic N) is 1. The van der Waals surface area contributed by atoms with Crippen molar-refractivity contribution in [2.75, 3.05) is 0 Å². The van der Waals surface area contributed by atoms with Crippen LogP contribution in [0, 0.1) is 0 Å². The van der Waals surface area contributed by atoms with E-state index in [0.717, 1.165) is 12.0 Å². The molecular formula is C7H10BN. The summed E-state index contributed by atoms with van der Waals surface area (Å²) in [5.74, 6) is 0. The van der Waals surface area contributed by atoms with Crippen molar-refractivity contribution in [1.82, 2.24) is 0 Å². The number of hydrogen-bond acceptors (Lipinski definition) is 1. The normalized spacial score (nSPS) is 9.89. The van der Waals surface area contributed by atoms with Crippen LogP contribution >= 0.6 is 0 Å². The van der Waals surface area contributed by atoms with Crippen molar-refractivity contribution in [1.29, 1.82) is 0 Å². The van der Waals surface area contributed by atoms with Crippen LogP contribution in [0.1, 0.15) is 13.3 Å². The van der Waals surface area contributed by atoms with E-state index in [4.69, 9.17) is 7.85 Å². The monoisotopic (exact) mass is 119 g/mol. The van der Waals surface area contributed by atoms with Crippen molar-refractivity contribution < 1.29 is 0 Å². The van der Waals surface area contributed by atoms with E-state index in [1.807, 2.05) is 6.92 Å². The number of allylic oxidation sites excluding steroid dienone is 1. The van der Waals surface area contributed by atoms with E-state index < -0.39 is 0 Å². The third-order valence-corrected chi connectivity index (χ3v) is 0.867. The zero-order valence-corrected chi connectivity index (χ0v) is 5.72. The summed E-state index contributed by atoms with van der Waals surface area (Å²) in [5.41, 5.74) is 1.28. The molecule has 0 aromatic heterocycles. The Labute approximate surface area is 57.6 Å². The standard InChI is InChI=1S/C7H10BN/c1-4-6(2)5-9-7(3)8/h5H,2-4H2,1H3/b9-5-. The van der Waals surface area contributed by atoms with Gasteiger partial charge in [-0.05, 0) is 17.6 Å². The fraction of sp³-hybridized carbons (Fsp3) is 0.286. The highest BCUT2D eigenvalue weighted by molar-refractivity contribution is 6.21. The minimum atomic E-state index is 0.324. The average Bonchev–Trinajstić information content (AvgIpc) is 1.83. The van der Waals surface area contributed by atoms with Crippen molar-refractivity contribution in [2.45, 2.75) is 13.3 Å². The minimum Gasteiger partial charge on any atom is -0.273 e. The molecule has 2 heteroatoms. The van der Waals surface area contributed by atoms with Gasteiger partial charge in [0.2, 0.25) is 0 Å². The van der Waals surface area contributed by atoms with Crippen LogP contribution in [-0.2, 0) is 0 Å². The van der Waals surface area contributed by atoms with Gasteiger partial charge in [-0.3, -0.25) is 4.99 Å². The van der Waals surface area contributed by atoms with Gasteiger partial charge in [0.25, 0.3) is 0 Å². The number of hydrogen-bond donors (Lipinski definition) is 0. The van der Waals surface area contributed by atoms with Crippen molar-refractivity contribution in [2.24, 2.45) is 4.99 Å². The maximum absolute atomic E-state index is 5.16. The first-order valence-corrected chi connectivity index (χ1v) is 2.83. The lowest BCUT2D eigenvalue weighted by molar-refractivity contribution is 1.19. The lowest BCUT2D eigenvalue weighted by Crippen LogP contribution is -1.80. The van der Waals surface area contributed by atoms with Crippen molar-refractivity contribution in [3.8, 4) is 0 Å². The van der Waals surface area contributed by atoms with E-state index in [9.17, 15) is 0 Å². The molecule has 0 aliphatic heterocycles. The van der Waals surface area contributed by atoms with E-state index in [-0.39, 0.29) is 0 Å². The third kappa shape index (κ3) is 5.08. The summed E-state index contributed by atoms with van der Waals surface area (Å²) in [6.45, 7) is 9.11. The highest BCUT2D eigenvalue weighted by Crippen LogP contribution is 1.92. The fourth-order valence-electron chi connectivity index (χ4n) is 0.265. The van der Waals surface area contributed by atoms with Gasteiger partial charge < -0.3 is 0 Å². The zero-order valence-electron chi connectivity index (χ0n) is 5.72. The molecule has 0 rings (SSSR count). The molecule has 46 valence electrons. The molecule has 0 atom stereocenters. The van der Waals surface area contributed by atoms with Gasteiger partial charge in [0.05, 0.1) is 0 Å². The van der Waals surface area contributed by atoms with Crippen LogP contribution in [0.4, 0.5) is 0 Å². The molecule has 0 N–H and O–H groups in total. The topological polar surface area (TPSA) is 12.4 Å². The molecule has 9 heavy (non-hydrogen) atoms. The molecule has 2 radical (unpaired) electrons. The fourth-order valence-corrected chi connectivity index (χ4v) is 0.265. The molecule has 0 bridgehead atoms. The predicted molar refractivity (Wildman–Crippen MR) is 42.8 cm³/mol. The van der Waals surface area contributed by atoms with Gasteiger partial charge in [-0.15, -0.1) is 0 Å². The summed E-state index contributed by atoms with van der Waals surface area (Å²) >= 11 is 0. The first kappa shape index (κ1) is 8.21. The van der Waals surface area contributed by atoms with Crippen molar-refractivity contribution in [3.05, 3.63) is 24.3 Å². The number of rotatable bonds is 3. The summed E-state index contributed by atoms with van der Waals surface area (Å²) in [4.78, 5) is 3.75. The molecule has 0 saturated carbocycles. The molecule has 0 fully saturated rings. The smallest absolute Gasteiger partial charge is 0.140 e. The van der Waals surface area contributed by atoms with E-state index in [1.54, 1.807) is 6.21 Å². The molecule has 0 amide bonds. The Balaban J connectivity index is 3.71. The van der Waals surface area contributed by atoms with Gasteiger partial charge in [0.1, 0.15) is 7.85 Å². The summed E-state index contributed by atoms with van der Waals surface area (Å²) in [6, 6.07) is 0. The van der Waals surface area contributed by atoms with Gasteiger partial charge >= 0.3 is 0 Å². The number of aliphatic imine (C=N–C) groups is 1. The molecule has 0 unspecified atom stereocenters. The average molecular weight is 119 g/mol. The van der Waals surface area contributed by atoms with Crippen LogP contribution in [0.25, 0.3) is 0 Å². The Kier molecular flexibility index (Phi) is 3.77. The summed E-state index contributed by atoms with van der Waals surface area (Å²) < 4.78 is 0. The maximum atomic E-state index is 5.16. The Morgan fingerprint density at radius 1 is 1.67 bits per heavy atom. The molecule has 0 aliphatic carbocycles. The van der Waals surface area contributed by atoms with Gasteiger partial charge in [-0.1, -0.05) is 20.1 Å². The Morgan fingerprint density at radius 3 is 2.56 bits per heavy atom. The van der Waals surface area contributed by atoms with E-state index in [0.29, 0.717) is 5.60 Å². The minimum absolute atomic E-state index is 0.324. The van der Waals surface area contributed by atoms with Crippen LogP contribution in [0.5, 0.6) is 0 Å². The van der Waals surface area contributed by atoms with Crippen LogP contribution < -0.4 is 0 Å². The molecule has 0 aliphatic rings. The van der Waals surface area contributed by atoms with Crippen LogP contribution in [0.3, 0.4) is 0 Å². The summed E-state index contributed by atoms with van der Waals surface area (Å²) in [6.07, 6.45) is 2.53. The second kappa shape index (κ2) is 4.13. The summed E-state index contributed by atoms with van der Waals surface area (Å²) in [7, 11) is 5.16. The molecular weight excluding hydrogens is 109 g/mol. The van der Waals surface area contributed by atoms with Gasteiger partial charge in [-0.25, -0.2) is 0 Å². The zero-order chi connectivity index (χ0) is 7.28. The van der Waals surface area contributed by atoms with Crippen LogP contribution in [0.2, 0.25) is 0 Å². The molecule has 0 saturated heterocycles. The highest BCUT2D eigenvalue weighted by Gasteiger charge is 1.80. The lowest BCUT2D eigenvalue weighted by Gasteiger charge is -1.89. The molecule has 0 aromatic rings. The third-order valence-electron chi connectivity index (χ3n) is 0.867. The molecule has 0 heterocycles. The van der Waals surface area contributed by atoms with Crippen molar-refractivity contribution >= 4 is 14.1 Å². The summed E-state index contributed by atoms with van der Waals surface area (Å²) in [5, 5.41) is 0. The highest BCUT2D eigenvalue weighted by atomic mass is 14.7. The first-order valence-electron chi connectivity index (χ1n) is 2.83. The molecule has 1 nitrogen and oxygen atoms in total. The van der Waals surface area contributed by atoms with Gasteiger partial charge in [0.15, 0.2) is 0 Å². The first-order chi connectivity index (χ1) is 4.16. The predicted octanol–water partition coefficient (Wildman–Crippen LogP) is 1.66. The van der Waals surface area contributed by atoms with Gasteiger partial charge in [0, 0.05) is 6.21 Å². The Bertz CT molecular complexity index is 147. The Morgan fingerprint density at radius 2 is 2.22 bits per heavy atom. The second-order valence-electron chi connectivity index (χ2n) is 1.76. The molecule has 0 spiro atoms. The van der Waals surface area contributed by atoms with Crippen LogP contribution in [0.15, 0.2) is 29.3 Å². The molecule has 0 aromatic carbocycles. The van der Waals surface area contributed by atoms with E-state index in [1.165, 1.54) is 0 Å². The quantitative estimate of drug-likeness (QED) is 0.395. The van der Waals surface area contributed by atoms with Gasteiger partial charge in [-0.2, -0.15) is 0 Å². The largest absolute Gasteiger partial charge is 0.273 e. The van der Waals surface area contributed by atoms with E-state index >= 15 is 0 Å². The lowest BCUT2D eigenvalue weighted by atomic mass is 10.1. The second-order valence-corrected chi connectivity index (χ2v) is 1.76. The van der Waals surface area contributed by atoms with Crippen molar-refractivity contribution in [3.63, 3.8) is 0 Å². The maximum Gasteiger partial charge on any atom is 0.140 e.